The molecule has 0 N–H and O–H groups in total. The van der Waals surface area contributed by atoms with E-state index in [9.17, 15) is 9.59 Å². The zero-order valence-electron chi connectivity index (χ0n) is 16.5. The zero-order chi connectivity index (χ0) is 21.7. The van der Waals surface area contributed by atoms with Crippen molar-refractivity contribution in [1.29, 1.82) is 0 Å². The molecule has 0 saturated heterocycles. The van der Waals surface area contributed by atoms with E-state index in [0.717, 1.165) is 10.1 Å². The van der Waals surface area contributed by atoms with Gasteiger partial charge in [0, 0.05) is 27.1 Å². The molecule has 2 aromatic heterocycles. The number of esters is 1. The molecule has 0 unspecified atom stereocenters. The van der Waals surface area contributed by atoms with Gasteiger partial charge in [0.15, 0.2) is 17.3 Å². The van der Waals surface area contributed by atoms with Gasteiger partial charge in [0.05, 0.1) is 10.9 Å². The second-order valence-corrected chi connectivity index (χ2v) is 8.10. The van der Waals surface area contributed by atoms with Crippen LogP contribution >= 0.6 is 11.3 Å². The van der Waals surface area contributed by atoms with Crippen molar-refractivity contribution in [2.24, 2.45) is 0 Å². The molecule has 0 fully saturated rings. The molecule has 0 spiro atoms. The van der Waals surface area contributed by atoms with Crippen LogP contribution in [0.15, 0.2) is 81.3 Å². The molecule has 0 bridgehead atoms. The summed E-state index contributed by atoms with van der Waals surface area (Å²) in [7, 11) is 0. The number of benzene rings is 3. The molecule has 0 saturated carbocycles. The molecule has 156 valence electrons. The van der Waals surface area contributed by atoms with E-state index in [1.165, 1.54) is 11.3 Å². The first-order valence-electron chi connectivity index (χ1n) is 9.83. The first-order chi connectivity index (χ1) is 15.7. The molecule has 1 aliphatic heterocycles. The van der Waals surface area contributed by atoms with Gasteiger partial charge >= 0.3 is 5.97 Å². The van der Waals surface area contributed by atoms with E-state index in [0.29, 0.717) is 28.2 Å². The fraction of sp³-hybridized carbons (Fsp3) is 0.0400. The standard InChI is InChI=1S/C25H14O6S/c26-22-16-10-19-20(29-13-28-19)11-18(16)30-23(17-12-32-21-9-5-4-8-15(17)21)24(22)31-25(27)14-6-2-1-3-7-14/h1-12H,13H2. The minimum Gasteiger partial charge on any atom is -0.454 e. The molecule has 7 heteroatoms. The van der Waals surface area contributed by atoms with Crippen LogP contribution in [0.3, 0.4) is 0 Å². The molecule has 5 aromatic rings. The number of ether oxygens (including phenoxy) is 3. The molecular weight excluding hydrogens is 428 g/mol. The number of fused-ring (bicyclic) bond motifs is 3. The highest BCUT2D eigenvalue weighted by Crippen LogP contribution is 2.41. The van der Waals surface area contributed by atoms with Crippen LogP contribution in [0.2, 0.25) is 0 Å². The lowest BCUT2D eigenvalue weighted by atomic mass is 10.1. The fourth-order valence-electron chi connectivity index (χ4n) is 3.72. The van der Waals surface area contributed by atoms with Gasteiger partial charge in [0.2, 0.25) is 18.0 Å². The van der Waals surface area contributed by atoms with Gasteiger partial charge in [-0.15, -0.1) is 11.3 Å². The molecule has 0 radical (unpaired) electrons. The number of carbonyl (C=O) groups excluding carboxylic acids is 1. The van der Waals surface area contributed by atoms with E-state index < -0.39 is 11.4 Å². The van der Waals surface area contributed by atoms with Crippen molar-refractivity contribution >= 4 is 38.4 Å². The molecule has 3 aromatic carbocycles. The van der Waals surface area contributed by atoms with Crippen molar-refractivity contribution in [2.45, 2.75) is 0 Å². The van der Waals surface area contributed by atoms with E-state index in [2.05, 4.69) is 0 Å². The molecule has 1 aliphatic rings. The topological polar surface area (TPSA) is 75.0 Å². The van der Waals surface area contributed by atoms with Gasteiger partial charge in [-0.3, -0.25) is 4.79 Å². The predicted molar refractivity (Wildman–Crippen MR) is 121 cm³/mol. The average Bonchev–Trinajstić information content (AvgIpc) is 3.47. The molecule has 0 atom stereocenters. The Hall–Kier alpha value is -4.10. The van der Waals surface area contributed by atoms with Crippen molar-refractivity contribution in [2.75, 3.05) is 6.79 Å². The van der Waals surface area contributed by atoms with Crippen molar-refractivity contribution in [3.05, 3.63) is 87.9 Å². The Kier molecular flexibility index (Phi) is 4.22. The van der Waals surface area contributed by atoms with Crippen LogP contribution in [-0.4, -0.2) is 12.8 Å². The third kappa shape index (κ3) is 2.94. The van der Waals surface area contributed by atoms with Gasteiger partial charge < -0.3 is 18.6 Å². The maximum absolute atomic E-state index is 13.5. The van der Waals surface area contributed by atoms with E-state index in [-0.39, 0.29) is 23.7 Å². The Balaban J connectivity index is 1.60. The van der Waals surface area contributed by atoms with E-state index >= 15 is 0 Å². The summed E-state index contributed by atoms with van der Waals surface area (Å²) in [5.41, 5.74) is 0.875. The number of rotatable bonds is 3. The van der Waals surface area contributed by atoms with Crippen molar-refractivity contribution in [1.82, 2.24) is 0 Å². The summed E-state index contributed by atoms with van der Waals surface area (Å²) >= 11 is 1.52. The normalized spacial score (nSPS) is 12.4. The summed E-state index contributed by atoms with van der Waals surface area (Å²) in [6.07, 6.45) is 0. The van der Waals surface area contributed by atoms with Gasteiger partial charge in [-0.05, 0) is 24.3 Å². The SMILES string of the molecule is O=C(Oc1c(-c2csc3ccccc23)oc2cc3c(cc2c1=O)OCO3)c1ccccc1. The van der Waals surface area contributed by atoms with Crippen molar-refractivity contribution in [3.63, 3.8) is 0 Å². The van der Waals surface area contributed by atoms with Gasteiger partial charge in [0.1, 0.15) is 5.58 Å². The number of carbonyl (C=O) groups is 1. The second-order valence-electron chi connectivity index (χ2n) is 7.19. The Morgan fingerprint density at radius 3 is 2.50 bits per heavy atom. The van der Waals surface area contributed by atoms with Crippen LogP contribution in [0.4, 0.5) is 0 Å². The number of thiophene rings is 1. The van der Waals surface area contributed by atoms with Crippen molar-refractivity contribution in [3.8, 4) is 28.6 Å². The molecule has 6 rings (SSSR count). The Bertz CT molecular complexity index is 1560. The Morgan fingerprint density at radius 2 is 1.66 bits per heavy atom. The first kappa shape index (κ1) is 18.7. The third-order valence-corrected chi connectivity index (χ3v) is 6.24. The largest absolute Gasteiger partial charge is 0.454 e. The lowest BCUT2D eigenvalue weighted by molar-refractivity contribution is 0.0731. The lowest BCUT2D eigenvalue weighted by Gasteiger charge is -2.11. The molecule has 3 heterocycles. The summed E-state index contributed by atoms with van der Waals surface area (Å²) in [6, 6.07) is 19.5. The van der Waals surface area contributed by atoms with Crippen LogP contribution in [-0.2, 0) is 0 Å². The van der Waals surface area contributed by atoms with Crippen LogP contribution in [0.1, 0.15) is 10.4 Å². The third-order valence-electron chi connectivity index (χ3n) is 5.27. The zero-order valence-corrected chi connectivity index (χ0v) is 17.3. The Labute approximate surface area is 185 Å². The fourth-order valence-corrected chi connectivity index (χ4v) is 4.66. The summed E-state index contributed by atoms with van der Waals surface area (Å²) in [4.78, 5) is 26.3. The predicted octanol–water partition coefficient (Wildman–Crippen LogP) is 5.62. The number of hydrogen-bond acceptors (Lipinski definition) is 7. The van der Waals surface area contributed by atoms with Crippen LogP contribution in [0.25, 0.3) is 32.4 Å². The molecule has 6 nitrogen and oxygen atoms in total. The van der Waals surface area contributed by atoms with E-state index in [4.69, 9.17) is 18.6 Å². The smallest absolute Gasteiger partial charge is 0.343 e. The molecule has 0 aliphatic carbocycles. The summed E-state index contributed by atoms with van der Waals surface area (Å²) in [5.74, 6) is 0.338. The quantitative estimate of drug-likeness (QED) is 0.338. The number of hydrogen-bond donors (Lipinski definition) is 0. The van der Waals surface area contributed by atoms with Crippen molar-refractivity contribution < 1.29 is 23.4 Å². The van der Waals surface area contributed by atoms with E-state index in [1.54, 1.807) is 42.5 Å². The highest BCUT2D eigenvalue weighted by molar-refractivity contribution is 7.17. The van der Waals surface area contributed by atoms with Crippen LogP contribution in [0, 0.1) is 0 Å². The highest BCUT2D eigenvalue weighted by Gasteiger charge is 2.25. The molecule has 0 amide bonds. The second kappa shape index (κ2) is 7.25. The maximum Gasteiger partial charge on any atom is 0.343 e. The monoisotopic (exact) mass is 442 g/mol. The summed E-state index contributed by atoms with van der Waals surface area (Å²) in [6.45, 7) is 0.0672. The lowest BCUT2D eigenvalue weighted by Crippen LogP contribution is -2.16. The minimum absolute atomic E-state index is 0.0672. The molecule has 32 heavy (non-hydrogen) atoms. The highest BCUT2D eigenvalue weighted by atomic mass is 32.1. The van der Waals surface area contributed by atoms with E-state index in [1.807, 2.05) is 29.6 Å². The van der Waals surface area contributed by atoms with Crippen LogP contribution < -0.4 is 19.6 Å². The van der Waals surface area contributed by atoms with Crippen LogP contribution in [0.5, 0.6) is 17.2 Å². The first-order valence-corrected chi connectivity index (χ1v) is 10.7. The summed E-state index contributed by atoms with van der Waals surface area (Å²) < 4.78 is 23.7. The van der Waals surface area contributed by atoms with Gasteiger partial charge in [-0.1, -0.05) is 36.4 Å². The van der Waals surface area contributed by atoms with Gasteiger partial charge in [0.25, 0.3) is 0 Å². The minimum atomic E-state index is -0.640. The average molecular weight is 442 g/mol. The maximum atomic E-state index is 13.5. The Morgan fingerprint density at radius 1 is 0.906 bits per heavy atom. The van der Waals surface area contributed by atoms with Gasteiger partial charge in [-0.25, -0.2) is 4.79 Å². The van der Waals surface area contributed by atoms with Gasteiger partial charge in [-0.2, -0.15) is 0 Å². The summed E-state index contributed by atoms with van der Waals surface area (Å²) in [5, 5.41) is 3.04. The molecular formula is C25H14O6S.